The van der Waals surface area contributed by atoms with Gasteiger partial charge >= 0.3 is 0 Å². The third-order valence-electron chi connectivity index (χ3n) is 2.50. The van der Waals surface area contributed by atoms with Crippen LogP contribution in [0.4, 0.5) is 0 Å². The van der Waals surface area contributed by atoms with E-state index in [1.165, 1.54) is 21.1 Å². The van der Waals surface area contributed by atoms with Crippen LogP contribution in [0.25, 0.3) is 9.88 Å². The van der Waals surface area contributed by atoms with Crippen molar-refractivity contribution in [2.24, 2.45) is 0 Å². The van der Waals surface area contributed by atoms with Crippen molar-refractivity contribution in [1.29, 1.82) is 0 Å². The monoisotopic (exact) mass is 266 g/mol. The maximum Gasteiger partial charge on any atom is 0.133 e. The molecule has 4 heteroatoms. The fourth-order valence-corrected chi connectivity index (χ4v) is 3.47. The molecular weight excluding hydrogens is 248 g/mol. The molecule has 0 atom stereocenters. The van der Waals surface area contributed by atoms with Gasteiger partial charge < -0.3 is 5.32 Å². The molecule has 0 bridgehead atoms. The predicted octanol–water partition coefficient (Wildman–Crippen LogP) is 3.93. The smallest absolute Gasteiger partial charge is 0.133 e. The minimum atomic E-state index is 0.942. The average molecular weight is 266 g/mol. The lowest BCUT2D eigenvalue weighted by molar-refractivity contribution is 0.681. The molecule has 0 unspecified atom stereocenters. The van der Waals surface area contributed by atoms with E-state index in [1.54, 1.807) is 11.3 Å². The summed E-state index contributed by atoms with van der Waals surface area (Å²) in [6.45, 7) is 6.39. The Morgan fingerprint density at radius 3 is 2.76 bits per heavy atom. The minimum absolute atomic E-state index is 0.942. The summed E-state index contributed by atoms with van der Waals surface area (Å²) in [5, 5.41) is 4.56. The molecule has 0 saturated heterocycles. The highest BCUT2D eigenvalue weighted by Crippen LogP contribution is 2.31. The van der Waals surface area contributed by atoms with Crippen LogP contribution < -0.4 is 5.32 Å². The van der Waals surface area contributed by atoms with Crippen LogP contribution in [0, 0.1) is 0 Å². The van der Waals surface area contributed by atoms with E-state index in [0.717, 1.165) is 24.5 Å². The van der Waals surface area contributed by atoms with Gasteiger partial charge in [0.15, 0.2) is 0 Å². The van der Waals surface area contributed by atoms with Gasteiger partial charge in [0.1, 0.15) is 5.01 Å². The predicted molar refractivity (Wildman–Crippen MR) is 76.8 cm³/mol. The summed E-state index contributed by atoms with van der Waals surface area (Å²) >= 11 is 3.65. The van der Waals surface area contributed by atoms with Crippen LogP contribution in [0.15, 0.2) is 18.3 Å². The number of thiophene rings is 1. The number of thiazole rings is 1. The second kappa shape index (κ2) is 6.28. The molecule has 0 aliphatic carbocycles. The van der Waals surface area contributed by atoms with E-state index in [9.17, 15) is 0 Å². The number of nitrogens with zero attached hydrogens (tertiary/aromatic N) is 1. The van der Waals surface area contributed by atoms with Crippen molar-refractivity contribution in [3.05, 3.63) is 28.1 Å². The van der Waals surface area contributed by atoms with Gasteiger partial charge in [0.05, 0.1) is 4.88 Å². The third kappa shape index (κ3) is 3.37. The normalized spacial score (nSPS) is 10.9. The lowest BCUT2D eigenvalue weighted by atomic mass is 10.4. The van der Waals surface area contributed by atoms with Gasteiger partial charge in [-0.1, -0.05) is 13.8 Å². The van der Waals surface area contributed by atoms with Crippen molar-refractivity contribution in [1.82, 2.24) is 10.3 Å². The summed E-state index contributed by atoms with van der Waals surface area (Å²) in [6.07, 6.45) is 4.28. The first-order chi connectivity index (χ1) is 8.33. The quantitative estimate of drug-likeness (QED) is 0.801. The Kier molecular flexibility index (Phi) is 4.71. The molecule has 0 aromatic carbocycles. The zero-order valence-corrected chi connectivity index (χ0v) is 12.0. The van der Waals surface area contributed by atoms with E-state index < -0.39 is 0 Å². The second-order valence-electron chi connectivity index (χ2n) is 3.93. The molecule has 2 aromatic rings. The lowest BCUT2D eigenvalue weighted by Gasteiger charge is -1.97. The Morgan fingerprint density at radius 2 is 2.06 bits per heavy atom. The zero-order valence-electron chi connectivity index (χ0n) is 10.3. The van der Waals surface area contributed by atoms with Crippen molar-refractivity contribution < 1.29 is 0 Å². The van der Waals surface area contributed by atoms with Crippen molar-refractivity contribution in [3.63, 3.8) is 0 Å². The van der Waals surface area contributed by atoms with E-state index in [2.05, 4.69) is 36.3 Å². The molecular formula is C13H18N2S2. The molecule has 17 heavy (non-hydrogen) atoms. The summed E-state index contributed by atoms with van der Waals surface area (Å²) < 4.78 is 0. The van der Waals surface area contributed by atoms with Gasteiger partial charge in [0.25, 0.3) is 0 Å². The van der Waals surface area contributed by atoms with Crippen LogP contribution >= 0.6 is 22.7 Å². The number of rotatable bonds is 6. The van der Waals surface area contributed by atoms with Gasteiger partial charge in [0, 0.05) is 22.5 Å². The third-order valence-corrected chi connectivity index (χ3v) is 4.90. The molecule has 0 amide bonds. The summed E-state index contributed by atoms with van der Waals surface area (Å²) in [7, 11) is 0. The fourth-order valence-electron chi connectivity index (χ4n) is 1.57. The Labute approximate surface area is 111 Å². The van der Waals surface area contributed by atoms with Gasteiger partial charge in [-0.3, -0.25) is 0 Å². The zero-order chi connectivity index (χ0) is 12.1. The standard InChI is InChI=1S/C13H18N2S2/c1-3-7-14-8-11-9-15-13(17-11)12-6-5-10(4-2)16-12/h5-6,9,14H,3-4,7-8H2,1-2H3. The van der Waals surface area contributed by atoms with E-state index in [1.807, 2.05) is 17.5 Å². The first-order valence-corrected chi connectivity index (χ1v) is 7.71. The first-order valence-electron chi connectivity index (χ1n) is 6.08. The highest BCUT2D eigenvalue weighted by molar-refractivity contribution is 7.21. The van der Waals surface area contributed by atoms with E-state index in [0.29, 0.717) is 0 Å². The largest absolute Gasteiger partial charge is 0.312 e. The van der Waals surface area contributed by atoms with E-state index >= 15 is 0 Å². The maximum atomic E-state index is 4.50. The molecule has 92 valence electrons. The van der Waals surface area contributed by atoms with Crippen molar-refractivity contribution in [2.75, 3.05) is 6.54 Å². The molecule has 1 N–H and O–H groups in total. The lowest BCUT2D eigenvalue weighted by Crippen LogP contribution is -2.12. The SMILES string of the molecule is CCCNCc1cnc(-c2ccc(CC)s2)s1. The highest BCUT2D eigenvalue weighted by Gasteiger charge is 2.07. The van der Waals surface area contributed by atoms with Gasteiger partial charge in [-0.2, -0.15) is 0 Å². The van der Waals surface area contributed by atoms with E-state index in [4.69, 9.17) is 0 Å². The van der Waals surface area contributed by atoms with Gasteiger partial charge in [-0.25, -0.2) is 4.98 Å². The van der Waals surface area contributed by atoms with Gasteiger partial charge in [-0.15, -0.1) is 22.7 Å². The van der Waals surface area contributed by atoms with Crippen LogP contribution in [-0.4, -0.2) is 11.5 Å². The van der Waals surface area contributed by atoms with Gasteiger partial charge in [0.2, 0.25) is 0 Å². The van der Waals surface area contributed by atoms with Crippen LogP contribution in [0.1, 0.15) is 30.0 Å². The van der Waals surface area contributed by atoms with Crippen molar-refractivity contribution in [2.45, 2.75) is 33.2 Å². The van der Waals surface area contributed by atoms with Crippen molar-refractivity contribution >= 4 is 22.7 Å². The summed E-state index contributed by atoms with van der Waals surface area (Å²) in [4.78, 5) is 8.55. The number of hydrogen-bond donors (Lipinski definition) is 1. The molecule has 0 aliphatic heterocycles. The van der Waals surface area contributed by atoms with Crippen LogP contribution in [0.3, 0.4) is 0 Å². The molecule has 2 rings (SSSR count). The Hall–Kier alpha value is -0.710. The molecule has 2 aromatic heterocycles. The molecule has 2 heterocycles. The Balaban J connectivity index is 2.02. The molecule has 0 spiro atoms. The number of hydrogen-bond acceptors (Lipinski definition) is 4. The number of aromatic nitrogens is 1. The Bertz CT molecular complexity index is 459. The Morgan fingerprint density at radius 1 is 1.18 bits per heavy atom. The van der Waals surface area contributed by atoms with Crippen LogP contribution in [-0.2, 0) is 13.0 Å². The molecule has 0 saturated carbocycles. The maximum absolute atomic E-state index is 4.50. The second-order valence-corrected chi connectivity index (χ2v) is 6.21. The number of nitrogens with one attached hydrogen (secondary N) is 1. The summed E-state index contributed by atoms with van der Waals surface area (Å²) in [5.41, 5.74) is 0. The first kappa shape index (κ1) is 12.7. The number of aryl methyl sites for hydroxylation is 1. The minimum Gasteiger partial charge on any atom is -0.312 e. The molecule has 0 fully saturated rings. The highest BCUT2D eigenvalue weighted by atomic mass is 32.1. The average Bonchev–Trinajstić information content (AvgIpc) is 2.97. The van der Waals surface area contributed by atoms with Crippen LogP contribution in [0.5, 0.6) is 0 Å². The fraction of sp³-hybridized carbons (Fsp3) is 0.462. The van der Waals surface area contributed by atoms with Crippen molar-refractivity contribution in [3.8, 4) is 9.88 Å². The topological polar surface area (TPSA) is 24.9 Å². The summed E-state index contributed by atoms with van der Waals surface area (Å²) in [5.74, 6) is 0. The van der Waals surface area contributed by atoms with Gasteiger partial charge in [-0.05, 0) is 31.5 Å². The van der Waals surface area contributed by atoms with E-state index in [-0.39, 0.29) is 0 Å². The molecule has 0 aliphatic rings. The molecule has 0 radical (unpaired) electrons. The van der Waals surface area contributed by atoms with Crippen LogP contribution in [0.2, 0.25) is 0 Å². The molecule has 2 nitrogen and oxygen atoms in total. The summed E-state index contributed by atoms with van der Waals surface area (Å²) in [6, 6.07) is 4.39.